The van der Waals surface area contributed by atoms with Crippen LogP contribution in [0.3, 0.4) is 0 Å². The van der Waals surface area contributed by atoms with Gasteiger partial charge in [-0.3, -0.25) is 4.79 Å². The molecule has 1 aliphatic heterocycles. The third kappa shape index (κ3) is 3.98. The number of hydrogen-bond acceptors (Lipinski definition) is 4. The van der Waals surface area contributed by atoms with Gasteiger partial charge in [-0.2, -0.15) is 0 Å². The molecule has 0 spiro atoms. The summed E-state index contributed by atoms with van der Waals surface area (Å²) in [5.74, 6) is 1.06. The molecule has 25 heavy (non-hydrogen) atoms. The number of methoxy groups -OCH3 is 2. The van der Waals surface area contributed by atoms with Crippen molar-refractivity contribution in [3.63, 3.8) is 0 Å². The SMILES string of the molecule is CO[C@H]1CC[C@@]2(OC)CCN(C(=O)CCCOc3ccccc3)[C@H]2C1. The Morgan fingerprint density at radius 2 is 2.04 bits per heavy atom. The molecule has 1 aromatic rings. The van der Waals surface area contributed by atoms with Crippen molar-refractivity contribution in [2.24, 2.45) is 0 Å². The van der Waals surface area contributed by atoms with Gasteiger partial charge in [0.15, 0.2) is 0 Å². The highest BCUT2D eigenvalue weighted by molar-refractivity contribution is 5.77. The van der Waals surface area contributed by atoms with Crippen LogP contribution in [0.2, 0.25) is 0 Å². The van der Waals surface area contributed by atoms with Crippen LogP contribution in [0.5, 0.6) is 5.75 Å². The first-order chi connectivity index (χ1) is 12.2. The van der Waals surface area contributed by atoms with Crippen LogP contribution in [0.15, 0.2) is 30.3 Å². The lowest BCUT2D eigenvalue weighted by Gasteiger charge is -2.43. The second kappa shape index (κ2) is 8.19. The Balaban J connectivity index is 1.51. The number of ether oxygens (including phenoxy) is 3. The topological polar surface area (TPSA) is 48.0 Å². The maximum absolute atomic E-state index is 12.7. The predicted molar refractivity (Wildman–Crippen MR) is 95.7 cm³/mol. The molecule has 0 bridgehead atoms. The number of rotatable bonds is 7. The Labute approximate surface area is 150 Å². The van der Waals surface area contributed by atoms with Crippen molar-refractivity contribution >= 4 is 5.91 Å². The van der Waals surface area contributed by atoms with Crippen molar-refractivity contribution in [2.75, 3.05) is 27.4 Å². The maximum atomic E-state index is 12.7. The third-order valence-corrected chi connectivity index (χ3v) is 5.74. The van der Waals surface area contributed by atoms with Gasteiger partial charge in [0, 0.05) is 27.2 Å². The summed E-state index contributed by atoms with van der Waals surface area (Å²) >= 11 is 0. The van der Waals surface area contributed by atoms with E-state index in [-0.39, 0.29) is 23.7 Å². The number of carbonyl (C=O) groups excluding carboxylic acids is 1. The van der Waals surface area contributed by atoms with Crippen molar-refractivity contribution in [3.8, 4) is 5.75 Å². The first-order valence-corrected chi connectivity index (χ1v) is 9.24. The minimum Gasteiger partial charge on any atom is -0.494 e. The molecule has 0 radical (unpaired) electrons. The molecule has 1 saturated carbocycles. The summed E-state index contributed by atoms with van der Waals surface area (Å²) in [5.41, 5.74) is -0.175. The van der Waals surface area contributed by atoms with E-state index in [4.69, 9.17) is 14.2 Å². The molecule has 0 unspecified atom stereocenters. The van der Waals surface area contributed by atoms with Gasteiger partial charge in [0.2, 0.25) is 5.91 Å². The maximum Gasteiger partial charge on any atom is 0.223 e. The van der Waals surface area contributed by atoms with Crippen LogP contribution in [0.4, 0.5) is 0 Å². The second-order valence-corrected chi connectivity index (χ2v) is 7.02. The summed E-state index contributed by atoms with van der Waals surface area (Å²) in [5, 5.41) is 0. The number of fused-ring (bicyclic) bond motifs is 1. The normalized spacial score (nSPS) is 28.6. The molecule has 1 heterocycles. The summed E-state index contributed by atoms with van der Waals surface area (Å²) < 4.78 is 17.1. The number of para-hydroxylation sites is 1. The number of likely N-dealkylation sites (tertiary alicyclic amines) is 1. The largest absolute Gasteiger partial charge is 0.494 e. The van der Waals surface area contributed by atoms with Crippen molar-refractivity contribution in [3.05, 3.63) is 30.3 Å². The Hall–Kier alpha value is -1.59. The number of carbonyl (C=O) groups is 1. The van der Waals surface area contributed by atoms with Gasteiger partial charge < -0.3 is 19.1 Å². The van der Waals surface area contributed by atoms with Gasteiger partial charge in [-0.25, -0.2) is 0 Å². The molecule has 1 amide bonds. The summed E-state index contributed by atoms with van der Waals surface area (Å²) in [6.45, 7) is 1.34. The van der Waals surface area contributed by atoms with Gasteiger partial charge in [-0.15, -0.1) is 0 Å². The highest BCUT2D eigenvalue weighted by Gasteiger charge is 2.52. The quantitative estimate of drug-likeness (QED) is 0.712. The van der Waals surface area contributed by atoms with E-state index < -0.39 is 0 Å². The molecule has 1 aliphatic carbocycles. The van der Waals surface area contributed by atoms with Gasteiger partial charge >= 0.3 is 0 Å². The van der Waals surface area contributed by atoms with Crippen LogP contribution in [0.25, 0.3) is 0 Å². The molecule has 0 aromatic heterocycles. The van der Waals surface area contributed by atoms with Gasteiger partial charge in [0.1, 0.15) is 5.75 Å². The van der Waals surface area contributed by atoms with Gasteiger partial charge in [0.25, 0.3) is 0 Å². The molecule has 3 rings (SSSR count). The van der Waals surface area contributed by atoms with E-state index in [9.17, 15) is 4.79 Å². The fourth-order valence-corrected chi connectivity index (χ4v) is 4.25. The van der Waals surface area contributed by atoms with Crippen LogP contribution in [0, 0.1) is 0 Å². The zero-order chi connectivity index (χ0) is 17.7. The molecular formula is C20H29NO4. The summed E-state index contributed by atoms with van der Waals surface area (Å²) in [7, 11) is 3.54. The summed E-state index contributed by atoms with van der Waals surface area (Å²) in [6.07, 6.45) is 5.24. The van der Waals surface area contributed by atoms with E-state index in [1.807, 2.05) is 35.2 Å². The fourth-order valence-electron chi connectivity index (χ4n) is 4.25. The lowest BCUT2D eigenvalue weighted by molar-refractivity contribution is -0.140. The lowest BCUT2D eigenvalue weighted by Crippen LogP contribution is -2.53. The highest BCUT2D eigenvalue weighted by atomic mass is 16.5. The Morgan fingerprint density at radius 3 is 2.76 bits per heavy atom. The van der Waals surface area contributed by atoms with E-state index in [1.165, 1.54) is 0 Å². The molecule has 5 heteroatoms. The average molecular weight is 347 g/mol. The third-order valence-electron chi connectivity index (χ3n) is 5.74. The summed E-state index contributed by atoms with van der Waals surface area (Å²) in [4.78, 5) is 14.8. The van der Waals surface area contributed by atoms with Crippen LogP contribution < -0.4 is 4.74 Å². The molecule has 3 atom stereocenters. The molecule has 1 aromatic carbocycles. The standard InChI is InChI=1S/C20H29NO4/c1-23-17-10-11-20(24-2)12-13-21(18(20)15-17)19(22)9-6-14-25-16-7-4-3-5-8-16/h3-5,7-8,17-18H,6,9-15H2,1-2H3/t17-,18-,20+/m0/s1. The minimum atomic E-state index is -0.175. The van der Waals surface area contributed by atoms with Crippen LogP contribution in [-0.4, -0.2) is 55.9 Å². The van der Waals surface area contributed by atoms with Crippen molar-refractivity contribution in [2.45, 2.75) is 56.3 Å². The monoisotopic (exact) mass is 347 g/mol. The number of benzene rings is 1. The van der Waals surface area contributed by atoms with Crippen molar-refractivity contribution < 1.29 is 19.0 Å². The molecule has 5 nitrogen and oxygen atoms in total. The zero-order valence-electron chi connectivity index (χ0n) is 15.3. The molecule has 2 fully saturated rings. The van der Waals surface area contributed by atoms with Gasteiger partial charge in [0.05, 0.1) is 24.4 Å². The fraction of sp³-hybridized carbons (Fsp3) is 0.650. The van der Waals surface area contributed by atoms with Crippen LogP contribution in [0.1, 0.15) is 38.5 Å². The second-order valence-electron chi connectivity index (χ2n) is 7.02. The number of hydrogen-bond donors (Lipinski definition) is 0. The molecular weight excluding hydrogens is 318 g/mol. The van der Waals surface area contributed by atoms with Crippen LogP contribution >= 0.6 is 0 Å². The highest BCUT2D eigenvalue weighted by Crippen LogP contribution is 2.43. The Morgan fingerprint density at radius 1 is 1.24 bits per heavy atom. The van der Waals surface area contributed by atoms with Crippen molar-refractivity contribution in [1.29, 1.82) is 0 Å². The Kier molecular flexibility index (Phi) is 5.97. The lowest BCUT2D eigenvalue weighted by atomic mass is 9.79. The Bertz CT molecular complexity index is 564. The molecule has 1 saturated heterocycles. The van der Waals surface area contributed by atoms with Gasteiger partial charge in [-0.05, 0) is 44.2 Å². The van der Waals surface area contributed by atoms with Crippen LogP contribution in [-0.2, 0) is 14.3 Å². The first kappa shape index (κ1) is 18.2. The summed E-state index contributed by atoms with van der Waals surface area (Å²) in [6, 6.07) is 9.86. The van der Waals surface area contributed by atoms with E-state index in [0.717, 1.165) is 44.4 Å². The first-order valence-electron chi connectivity index (χ1n) is 9.24. The number of nitrogens with zero attached hydrogens (tertiary/aromatic N) is 1. The van der Waals surface area contributed by atoms with Gasteiger partial charge in [-0.1, -0.05) is 18.2 Å². The number of amides is 1. The smallest absolute Gasteiger partial charge is 0.223 e. The van der Waals surface area contributed by atoms with E-state index in [2.05, 4.69) is 0 Å². The predicted octanol–water partition coefficient (Wildman–Crippen LogP) is 3.03. The molecule has 138 valence electrons. The van der Waals surface area contributed by atoms with E-state index >= 15 is 0 Å². The minimum absolute atomic E-state index is 0.138. The van der Waals surface area contributed by atoms with Crippen molar-refractivity contribution in [1.82, 2.24) is 4.90 Å². The zero-order valence-corrected chi connectivity index (χ0v) is 15.3. The van der Waals surface area contributed by atoms with E-state index in [0.29, 0.717) is 13.0 Å². The molecule has 2 aliphatic rings. The van der Waals surface area contributed by atoms with E-state index in [1.54, 1.807) is 14.2 Å². The molecule has 0 N–H and O–H groups in total. The average Bonchev–Trinajstić information content (AvgIpc) is 3.05.